The molecule has 0 amide bonds. The summed E-state index contributed by atoms with van der Waals surface area (Å²) in [5.41, 5.74) is -2.41. The van der Waals surface area contributed by atoms with Crippen LogP contribution in [0.1, 0.15) is 259 Å². The Morgan fingerprint density at radius 3 is 1.26 bits per heavy atom. The van der Waals surface area contributed by atoms with Crippen LogP contribution in [0.15, 0.2) is 54.6 Å². The monoisotopic (exact) mass is 1330 g/mol. The van der Waals surface area contributed by atoms with Crippen molar-refractivity contribution < 1.29 is 87.8 Å². The van der Waals surface area contributed by atoms with Crippen LogP contribution >= 0.6 is 0 Å². The number of rotatable bonds is 23. The molecular formula is C75H142O18. The molecule has 4 aliphatic carbocycles. The van der Waals surface area contributed by atoms with E-state index in [1.54, 1.807) is 34.6 Å². The van der Waals surface area contributed by atoms with Gasteiger partial charge in [-0.3, -0.25) is 24.0 Å². The normalized spacial score (nSPS) is 18.2. The molecule has 4 fully saturated rings. The van der Waals surface area contributed by atoms with E-state index in [1.807, 2.05) is 124 Å². The van der Waals surface area contributed by atoms with E-state index in [1.165, 1.54) is 6.42 Å². The van der Waals surface area contributed by atoms with Crippen LogP contribution in [0.25, 0.3) is 21.5 Å². The Bertz CT molecular complexity index is 2460. The van der Waals surface area contributed by atoms with Gasteiger partial charge in [0.15, 0.2) is 0 Å². The first kappa shape index (κ1) is 106. The second-order valence-corrected chi connectivity index (χ2v) is 25.3. The van der Waals surface area contributed by atoms with Crippen molar-refractivity contribution in [1.82, 2.24) is 0 Å². The molecule has 3 aromatic carbocycles. The summed E-state index contributed by atoms with van der Waals surface area (Å²) in [4.78, 5) is 70.6. The van der Waals surface area contributed by atoms with E-state index < -0.39 is 51.5 Å². The Labute approximate surface area is 567 Å². The van der Waals surface area contributed by atoms with Crippen molar-refractivity contribution in [2.24, 2.45) is 39.4 Å². The zero-order valence-corrected chi connectivity index (χ0v) is 52.5. The number of ether oxygens (including phenoxy) is 6. The van der Waals surface area contributed by atoms with Gasteiger partial charge >= 0.3 is 35.8 Å². The highest BCUT2D eigenvalue weighted by Crippen LogP contribution is 2.59. The Balaban J connectivity index is -0.000000139. The molecule has 6 atom stereocenters. The van der Waals surface area contributed by atoms with Gasteiger partial charge in [0.2, 0.25) is 0 Å². The molecule has 0 aromatic heterocycles. The summed E-state index contributed by atoms with van der Waals surface area (Å²) >= 11 is 0. The summed E-state index contributed by atoms with van der Waals surface area (Å²) in [5, 5.41) is 58.8. The van der Waals surface area contributed by atoms with Crippen LogP contribution in [0, 0.1) is 39.4 Å². The largest absolute Gasteiger partial charge is 0.463 e. The maximum Gasteiger partial charge on any atom is 0.339 e. The van der Waals surface area contributed by atoms with Crippen molar-refractivity contribution in [3.05, 3.63) is 60.2 Å². The summed E-state index contributed by atoms with van der Waals surface area (Å²) in [6, 6.07) is 17.3. The molecule has 0 heterocycles. The van der Waals surface area contributed by atoms with Crippen molar-refractivity contribution in [3.8, 4) is 0 Å². The highest BCUT2D eigenvalue weighted by atomic mass is 16.6. The van der Waals surface area contributed by atoms with Gasteiger partial charge in [0.25, 0.3) is 0 Å². The molecule has 0 aliphatic heterocycles. The van der Waals surface area contributed by atoms with Crippen LogP contribution in [0.4, 0.5) is 0 Å². The van der Waals surface area contributed by atoms with Crippen molar-refractivity contribution in [3.63, 3.8) is 0 Å². The van der Waals surface area contributed by atoms with E-state index in [9.17, 15) is 39.0 Å². The van der Waals surface area contributed by atoms with Crippen LogP contribution in [0.3, 0.4) is 0 Å². The van der Waals surface area contributed by atoms with Crippen molar-refractivity contribution >= 4 is 57.4 Å². The molecule has 6 N–H and O–H groups in total. The predicted molar refractivity (Wildman–Crippen MR) is 385 cm³/mol. The predicted octanol–water partition coefficient (Wildman–Crippen LogP) is 16.1. The molecule has 4 saturated carbocycles. The smallest absolute Gasteiger partial charge is 0.339 e. The molecule has 93 heavy (non-hydrogen) atoms. The van der Waals surface area contributed by atoms with E-state index >= 15 is 0 Å². The van der Waals surface area contributed by atoms with E-state index in [4.69, 9.17) is 48.8 Å². The lowest BCUT2D eigenvalue weighted by molar-refractivity contribution is -0.225. The third-order valence-corrected chi connectivity index (χ3v) is 16.2. The van der Waals surface area contributed by atoms with Crippen LogP contribution in [-0.2, 0) is 52.4 Å². The van der Waals surface area contributed by atoms with E-state index in [2.05, 4.69) is 0 Å². The highest BCUT2D eigenvalue weighted by Gasteiger charge is 2.59. The molecule has 0 saturated heterocycles. The van der Waals surface area contributed by atoms with Gasteiger partial charge in [-0.05, 0) is 166 Å². The maximum atomic E-state index is 12.9. The molecule has 4 bridgehead atoms. The quantitative estimate of drug-likeness (QED) is 0.0292. The van der Waals surface area contributed by atoms with Gasteiger partial charge in [0.1, 0.15) is 50.8 Å². The van der Waals surface area contributed by atoms with Crippen LogP contribution in [0.5, 0.6) is 0 Å². The van der Waals surface area contributed by atoms with Gasteiger partial charge in [-0.1, -0.05) is 164 Å². The molecule has 0 radical (unpaired) electrons. The summed E-state index contributed by atoms with van der Waals surface area (Å²) in [5.74, 6) is -0.741. The fourth-order valence-electron chi connectivity index (χ4n) is 9.32. The summed E-state index contributed by atoms with van der Waals surface area (Å²) < 4.78 is 30.8. The molecule has 6 unspecified atom stereocenters. The highest BCUT2D eigenvalue weighted by molar-refractivity contribution is 6.16. The van der Waals surface area contributed by atoms with E-state index in [0.29, 0.717) is 36.7 Å². The van der Waals surface area contributed by atoms with Crippen LogP contribution in [-0.4, -0.2) is 142 Å². The lowest BCUT2D eigenvalue weighted by Crippen LogP contribution is -2.61. The molecule has 18 nitrogen and oxygen atoms in total. The molecular weight excluding hydrogens is 1190 g/mol. The summed E-state index contributed by atoms with van der Waals surface area (Å²) in [6.45, 7) is 26.8. The Morgan fingerprint density at radius 1 is 0.516 bits per heavy atom. The number of aliphatic hydroxyl groups excluding tert-OH is 5. The first-order valence-corrected chi connectivity index (χ1v) is 29.6. The average Bonchev–Trinajstić information content (AvgIpc) is 0.735. The fourth-order valence-corrected chi connectivity index (χ4v) is 9.32. The molecule has 18 heteroatoms. The average molecular weight is 1330 g/mol. The van der Waals surface area contributed by atoms with Gasteiger partial charge in [-0.25, -0.2) is 4.79 Å². The second-order valence-electron chi connectivity index (χ2n) is 25.3. The lowest BCUT2D eigenvalue weighted by atomic mass is 9.52. The zero-order chi connectivity index (χ0) is 63.1. The summed E-state index contributed by atoms with van der Waals surface area (Å²) in [7, 11) is 0. The Morgan fingerprint density at radius 2 is 0.892 bits per heavy atom. The second kappa shape index (κ2) is 48.5. The maximum absolute atomic E-state index is 12.9. The molecule has 4 aliphatic rings. The third kappa shape index (κ3) is 33.8. The van der Waals surface area contributed by atoms with E-state index in [-0.39, 0.29) is 162 Å². The SMILES string of the molecule is C.C.C.C.C.C.C.C.C.C.CCC(C)(C)C(=O)OC12CC3CC(CC(O)(C3)C1)C2.CCC(C)(C)C(=O)OCC(O)CO.CCC(C)(C)C(=O)OCC(O)COC(=O)c1c2ccccc2cc2ccccc12.CCC(C)(C)C(=O)OCCO.CCC(C)C(=O)OCC(C)O. The topological polar surface area (TPSA) is 279 Å². The van der Waals surface area contributed by atoms with Gasteiger partial charge in [-0.15, -0.1) is 0 Å². The lowest BCUT2D eigenvalue weighted by Gasteiger charge is -2.59. The minimum Gasteiger partial charge on any atom is -0.463 e. The molecule has 550 valence electrons. The Hall–Kier alpha value is -5.24. The number of carbonyl (C=O) groups is 6. The number of carbonyl (C=O) groups excluding carboxylic acids is 6. The van der Waals surface area contributed by atoms with Crippen molar-refractivity contribution in [2.75, 3.05) is 46.2 Å². The number of fused-ring (bicyclic) bond motifs is 2. The van der Waals surface area contributed by atoms with Gasteiger partial charge in [0, 0.05) is 6.42 Å². The number of benzene rings is 3. The number of esters is 6. The van der Waals surface area contributed by atoms with Crippen molar-refractivity contribution in [2.45, 2.75) is 278 Å². The van der Waals surface area contributed by atoms with Crippen LogP contribution in [0.2, 0.25) is 0 Å². The van der Waals surface area contributed by atoms with Gasteiger partial charge in [-0.2, -0.15) is 0 Å². The molecule has 7 rings (SSSR count). The molecule has 3 aromatic rings. The fraction of sp³-hybridized carbons (Fsp3) is 0.733. The van der Waals surface area contributed by atoms with E-state index in [0.717, 1.165) is 66.5 Å². The van der Waals surface area contributed by atoms with Crippen molar-refractivity contribution in [1.29, 1.82) is 0 Å². The number of aliphatic hydroxyl groups is 6. The van der Waals surface area contributed by atoms with Gasteiger partial charge < -0.3 is 59.1 Å². The first-order valence-electron chi connectivity index (χ1n) is 29.6. The zero-order valence-electron chi connectivity index (χ0n) is 52.5. The van der Waals surface area contributed by atoms with Gasteiger partial charge in [0.05, 0.1) is 58.1 Å². The molecule has 0 spiro atoms. The number of hydrogen-bond donors (Lipinski definition) is 6. The minimum atomic E-state index is -1.09. The third-order valence-electron chi connectivity index (χ3n) is 16.2. The number of hydrogen-bond acceptors (Lipinski definition) is 18. The van der Waals surface area contributed by atoms with Crippen LogP contribution < -0.4 is 0 Å². The Kier molecular flexibility index (Phi) is 55.5. The first-order chi connectivity index (χ1) is 38.6. The summed E-state index contributed by atoms with van der Waals surface area (Å²) in [6.07, 6.45) is 6.66. The minimum absolute atomic E-state index is 0. The standard InChI is InChI=1S/C24H26O5.C16H26O3.C9H18O4.2C8H16O3.10CH4/c1-4-24(2,3)23(27)29-15-18(25)14-28-22(26)21-19-11-7-5-9-16(19)13-17-10-6-8-12-20(17)21;1-4-14(2,3)13(17)19-16-8-11-5-12(9-16)7-15(18,6-11)10-16;1-4-9(2,3)8(12)13-6-7(11)5-10;1-4-8(2,3)7(10)11-6-5-9;1-4-6(2)8(10)11-5-7(3)9;;;;;;;;;;/h5-13,18,25H,4,14-15H2,1-3H3;11-12,18H,4-10H2,1-3H3;7,10-11H,4-6H2,1-3H3;9H,4-6H2,1-3H3;6-7,9H,4-5H2,1-3H3;10*1H4.